The van der Waals surface area contributed by atoms with Crippen LogP contribution in [0.5, 0.6) is 0 Å². The molecule has 0 spiro atoms. The van der Waals surface area contributed by atoms with E-state index in [-0.39, 0.29) is 6.54 Å². The minimum absolute atomic E-state index is 0.252. The minimum atomic E-state index is -3.54. The Labute approximate surface area is 176 Å². The minimum Gasteiger partial charge on any atom is -0.369 e. The van der Waals surface area contributed by atoms with Crippen molar-refractivity contribution in [1.29, 1.82) is 0 Å². The first-order chi connectivity index (χ1) is 14.4. The van der Waals surface area contributed by atoms with Gasteiger partial charge in [-0.05, 0) is 62.8 Å². The second-order valence-corrected chi connectivity index (χ2v) is 9.28. The van der Waals surface area contributed by atoms with Gasteiger partial charge < -0.3 is 5.32 Å². The van der Waals surface area contributed by atoms with Crippen molar-refractivity contribution in [3.8, 4) is 5.82 Å². The van der Waals surface area contributed by atoms with Gasteiger partial charge in [-0.3, -0.25) is 4.57 Å². The Morgan fingerprint density at radius 3 is 2.57 bits per heavy atom. The summed E-state index contributed by atoms with van der Waals surface area (Å²) in [6, 6.07) is 7.28. The van der Waals surface area contributed by atoms with E-state index in [4.69, 9.17) is 0 Å². The quantitative estimate of drug-likeness (QED) is 0.563. The first-order valence-corrected chi connectivity index (χ1v) is 11.6. The molecule has 4 rings (SSSR count). The predicted molar refractivity (Wildman–Crippen MR) is 115 cm³/mol. The summed E-state index contributed by atoms with van der Waals surface area (Å²) in [5.74, 6) is 1.33. The van der Waals surface area contributed by atoms with E-state index in [2.05, 4.69) is 25.0 Å². The van der Waals surface area contributed by atoms with Gasteiger partial charge in [-0.15, -0.1) is 0 Å². The number of anilines is 1. The van der Waals surface area contributed by atoms with Gasteiger partial charge in [0.15, 0.2) is 0 Å². The SMILES string of the molecule is Cc1ncn(-c2cc(NCCNS(=O)(=O)c3ccc4c(c3)CCCC4)ncn2)c1C. The lowest BCUT2D eigenvalue weighted by atomic mass is 9.92. The fraction of sp³-hybridized carbons (Fsp3) is 0.381. The van der Waals surface area contributed by atoms with Crippen LogP contribution in [0.1, 0.15) is 35.4 Å². The summed E-state index contributed by atoms with van der Waals surface area (Å²) in [6.07, 6.45) is 7.48. The van der Waals surface area contributed by atoms with Crippen molar-refractivity contribution in [2.75, 3.05) is 18.4 Å². The highest BCUT2D eigenvalue weighted by atomic mass is 32.2. The van der Waals surface area contributed by atoms with Crippen LogP contribution in [0.4, 0.5) is 5.82 Å². The first kappa shape index (κ1) is 20.5. The summed E-state index contributed by atoms with van der Waals surface area (Å²) in [5, 5.41) is 3.14. The summed E-state index contributed by atoms with van der Waals surface area (Å²) in [7, 11) is -3.54. The molecule has 0 bridgehead atoms. The number of aryl methyl sites for hydroxylation is 3. The van der Waals surface area contributed by atoms with E-state index in [1.165, 1.54) is 18.3 Å². The summed E-state index contributed by atoms with van der Waals surface area (Å²) < 4.78 is 29.8. The van der Waals surface area contributed by atoms with Gasteiger partial charge in [0.2, 0.25) is 10.0 Å². The molecule has 0 amide bonds. The molecule has 0 saturated heterocycles. The fourth-order valence-corrected chi connectivity index (χ4v) is 4.72. The number of hydrogen-bond acceptors (Lipinski definition) is 6. The van der Waals surface area contributed by atoms with E-state index in [0.29, 0.717) is 23.1 Å². The average molecular weight is 427 g/mol. The second-order valence-electron chi connectivity index (χ2n) is 7.51. The number of fused-ring (bicyclic) bond motifs is 1. The van der Waals surface area contributed by atoms with Crippen LogP contribution < -0.4 is 10.0 Å². The normalized spacial score (nSPS) is 13.8. The highest BCUT2D eigenvalue weighted by molar-refractivity contribution is 7.89. The summed E-state index contributed by atoms with van der Waals surface area (Å²) in [5.41, 5.74) is 4.38. The van der Waals surface area contributed by atoms with E-state index in [9.17, 15) is 8.42 Å². The van der Waals surface area contributed by atoms with Gasteiger partial charge in [-0.25, -0.2) is 28.1 Å². The Kier molecular flexibility index (Phi) is 5.83. The monoisotopic (exact) mass is 426 g/mol. The molecule has 3 aromatic rings. The Hall–Kier alpha value is -2.78. The Morgan fingerprint density at radius 1 is 1.00 bits per heavy atom. The number of imidazole rings is 1. The van der Waals surface area contributed by atoms with Crippen LogP contribution in [-0.2, 0) is 22.9 Å². The van der Waals surface area contributed by atoms with Gasteiger partial charge in [0, 0.05) is 24.8 Å². The van der Waals surface area contributed by atoms with Crippen molar-refractivity contribution < 1.29 is 8.42 Å². The van der Waals surface area contributed by atoms with Crippen molar-refractivity contribution in [3.05, 3.63) is 59.4 Å². The maximum atomic E-state index is 12.6. The van der Waals surface area contributed by atoms with Crippen LogP contribution in [0.15, 0.2) is 41.8 Å². The number of nitrogens with zero attached hydrogens (tertiary/aromatic N) is 4. The maximum Gasteiger partial charge on any atom is 0.240 e. The average Bonchev–Trinajstić information content (AvgIpc) is 3.09. The molecule has 0 unspecified atom stereocenters. The van der Waals surface area contributed by atoms with Gasteiger partial charge in [0.1, 0.15) is 24.3 Å². The van der Waals surface area contributed by atoms with Gasteiger partial charge >= 0.3 is 0 Å². The number of sulfonamides is 1. The molecule has 30 heavy (non-hydrogen) atoms. The molecule has 158 valence electrons. The highest BCUT2D eigenvalue weighted by Crippen LogP contribution is 2.24. The molecule has 1 aliphatic carbocycles. The van der Waals surface area contributed by atoms with Crippen molar-refractivity contribution in [1.82, 2.24) is 24.2 Å². The van der Waals surface area contributed by atoms with Crippen LogP contribution in [0.25, 0.3) is 5.82 Å². The standard InChI is InChI=1S/C21H26N6O2S/c1-15-16(2)27(14-25-15)21-12-20(23-13-24-21)22-9-10-26-30(28,29)19-8-7-17-5-3-4-6-18(17)11-19/h7-8,11-14,26H,3-6,9-10H2,1-2H3,(H,22,23,24). The van der Waals surface area contributed by atoms with Crippen molar-refractivity contribution >= 4 is 15.8 Å². The number of hydrogen-bond donors (Lipinski definition) is 2. The molecule has 0 fully saturated rings. The molecule has 2 N–H and O–H groups in total. The van der Waals surface area contributed by atoms with Crippen molar-refractivity contribution in [3.63, 3.8) is 0 Å². The maximum absolute atomic E-state index is 12.6. The number of nitrogens with one attached hydrogen (secondary N) is 2. The predicted octanol–water partition coefficient (Wildman–Crippen LogP) is 2.55. The number of rotatable bonds is 7. The van der Waals surface area contributed by atoms with Crippen molar-refractivity contribution in [2.24, 2.45) is 0 Å². The molecule has 1 aliphatic rings. The topological polar surface area (TPSA) is 102 Å². The smallest absolute Gasteiger partial charge is 0.240 e. The zero-order chi connectivity index (χ0) is 21.1. The molecular weight excluding hydrogens is 400 g/mol. The molecule has 2 aromatic heterocycles. The van der Waals surface area contributed by atoms with Crippen molar-refractivity contribution in [2.45, 2.75) is 44.4 Å². The van der Waals surface area contributed by atoms with Gasteiger partial charge in [-0.2, -0.15) is 0 Å². The van der Waals surface area contributed by atoms with Crippen LogP contribution in [0.3, 0.4) is 0 Å². The molecule has 0 aliphatic heterocycles. The van der Waals surface area contributed by atoms with Crippen LogP contribution in [-0.4, -0.2) is 41.0 Å². The number of aromatic nitrogens is 4. The molecule has 0 atom stereocenters. The number of benzene rings is 1. The summed E-state index contributed by atoms with van der Waals surface area (Å²) in [4.78, 5) is 13.1. The highest BCUT2D eigenvalue weighted by Gasteiger charge is 2.17. The van der Waals surface area contributed by atoms with E-state index in [0.717, 1.165) is 36.2 Å². The molecule has 8 nitrogen and oxygen atoms in total. The fourth-order valence-electron chi connectivity index (χ4n) is 3.64. The molecule has 0 saturated carbocycles. The van der Waals surface area contributed by atoms with Gasteiger partial charge in [-0.1, -0.05) is 6.07 Å². The van der Waals surface area contributed by atoms with Crippen LogP contribution in [0.2, 0.25) is 0 Å². The van der Waals surface area contributed by atoms with Crippen LogP contribution >= 0.6 is 0 Å². The summed E-state index contributed by atoms with van der Waals surface area (Å²) >= 11 is 0. The largest absolute Gasteiger partial charge is 0.369 e. The lowest BCUT2D eigenvalue weighted by Gasteiger charge is -2.17. The molecule has 2 heterocycles. The third-order valence-electron chi connectivity index (χ3n) is 5.50. The first-order valence-electron chi connectivity index (χ1n) is 10.1. The Bertz CT molecular complexity index is 1160. The third kappa shape index (κ3) is 4.36. The molecular formula is C21H26N6O2S. The van der Waals surface area contributed by atoms with E-state index < -0.39 is 10.0 Å². The van der Waals surface area contributed by atoms with E-state index in [1.807, 2.05) is 36.6 Å². The lowest BCUT2D eigenvalue weighted by Crippen LogP contribution is -2.29. The summed E-state index contributed by atoms with van der Waals surface area (Å²) in [6.45, 7) is 4.58. The Morgan fingerprint density at radius 2 is 1.80 bits per heavy atom. The zero-order valence-electron chi connectivity index (χ0n) is 17.2. The molecule has 9 heteroatoms. The molecule has 0 radical (unpaired) electrons. The van der Waals surface area contributed by atoms with E-state index >= 15 is 0 Å². The van der Waals surface area contributed by atoms with Crippen LogP contribution in [0, 0.1) is 13.8 Å². The zero-order valence-corrected chi connectivity index (χ0v) is 18.0. The van der Waals surface area contributed by atoms with E-state index in [1.54, 1.807) is 12.4 Å². The van der Waals surface area contributed by atoms with Gasteiger partial charge in [0.05, 0.1) is 10.6 Å². The third-order valence-corrected chi connectivity index (χ3v) is 6.96. The Balaban J connectivity index is 1.36. The second kappa shape index (κ2) is 8.53. The lowest BCUT2D eigenvalue weighted by molar-refractivity contribution is 0.582. The van der Waals surface area contributed by atoms with Gasteiger partial charge in [0.25, 0.3) is 0 Å². The molecule has 1 aromatic carbocycles.